The summed E-state index contributed by atoms with van der Waals surface area (Å²) in [5.41, 5.74) is 0.675. The van der Waals surface area contributed by atoms with Gasteiger partial charge in [-0.1, -0.05) is 11.6 Å². The van der Waals surface area contributed by atoms with Gasteiger partial charge in [0.25, 0.3) is 0 Å². The third kappa shape index (κ3) is 3.56. The van der Waals surface area contributed by atoms with Crippen LogP contribution in [0.3, 0.4) is 0 Å². The zero-order valence-corrected chi connectivity index (χ0v) is 12.6. The molecule has 1 unspecified atom stereocenters. The van der Waals surface area contributed by atoms with E-state index < -0.39 is 0 Å². The highest BCUT2D eigenvalue weighted by molar-refractivity contribution is 6.30. The van der Waals surface area contributed by atoms with Crippen molar-refractivity contribution in [2.75, 3.05) is 13.1 Å². The number of piperidine rings is 1. The van der Waals surface area contributed by atoms with Crippen molar-refractivity contribution >= 4 is 23.4 Å². The topological polar surface area (TPSA) is 49.4 Å². The summed E-state index contributed by atoms with van der Waals surface area (Å²) >= 11 is 5.85. The van der Waals surface area contributed by atoms with Gasteiger partial charge in [0.2, 0.25) is 0 Å². The first kappa shape index (κ1) is 14.4. The Hall–Kier alpha value is -1.55. The summed E-state index contributed by atoms with van der Waals surface area (Å²) in [6, 6.07) is 7.31. The van der Waals surface area contributed by atoms with E-state index >= 15 is 0 Å². The predicted octanol–water partition coefficient (Wildman–Crippen LogP) is 3.11. The number of benzene rings is 1. The van der Waals surface area contributed by atoms with Gasteiger partial charge in [0.1, 0.15) is 0 Å². The van der Waals surface area contributed by atoms with E-state index in [4.69, 9.17) is 11.6 Å². The van der Waals surface area contributed by atoms with Crippen LogP contribution in [-0.4, -0.2) is 35.8 Å². The maximum atomic E-state index is 12.5. The fourth-order valence-electron chi connectivity index (χ4n) is 2.72. The molecule has 0 spiro atoms. The molecular weight excluding hydrogens is 288 g/mol. The van der Waals surface area contributed by atoms with Crippen LogP contribution < -0.4 is 5.32 Å². The molecule has 1 heterocycles. The summed E-state index contributed by atoms with van der Waals surface area (Å²) in [7, 11) is 0. The highest BCUT2D eigenvalue weighted by Crippen LogP contribution is 2.23. The van der Waals surface area contributed by atoms with E-state index in [2.05, 4.69) is 5.32 Å². The summed E-state index contributed by atoms with van der Waals surface area (Å²) in [6.07, 6.45) is 3.87. The molecule has 1 N–H and O–H groups in total. The molecule has 2 aliphatic rings. The molecule has 1 aliphatic heterocycles. The minimum Gasteiger partial charge on any atom is -0.335 e. The SMILES string of the molecule is O=C(c1ccc(Cl)cc1)C1CCCN(C(=O)NC2CC2)C1. The Morgan fingerprint density at radius 2 is 1.86 bits per heavy atom. The molecular formula is C16H19ClN2O2. The van der Waals surface area contributed by atoms with Crippen LogP contribution in [0.1, 0.15) is 36.0 Å². The van der Waals surface area contributed by atoms with E-state index in [0.29, 0.717) is 23.2 Å². The zero-order chi connectivity index (χ0) is 14.8. The second-order valence-corrected chi connectivity index (χ2v) is 6.32. The molecule has 1 atom stereocenters. The monoisotopic (exact) mass is 306 g/mol. The number of ketones is 1. The Morgan fingerprint density at radius 3 is 2.52 bits per heavy atom. The minimum atomic E-state index is -0.107. The van der Waals surface area contributed by atoms with Gasteiger partial charge in [-0.15, -0.1) is 0 Å². The Bertz CT molecular complexity index is 540. The van der Waals surface area contributed by atoms with Crippen molar-refractivity contribution in [1.29, 1.82) is 0 Å². The Kier molecular flexibility index (Phi) is 4.15. The molecule has 3 rings (SSSR count). The lowest BCUT2D eigenvalue weighted by Crippen LogP contribution is -2.47. The van der Waals surface area contributed by atoms with Crippen LogP contribution in [0.2, 0.25) is 5.02 Å². The molecule has 1 saturated heterocycles. The average Bonchev–Trinajstić information content (AvgIpc) is 3.31. The van der Waals surface area contributed by atoms with E-state index in [-0.39, 0.29) is 17.7 Å². The van der Waals surface area contributed by atoms with E-state index in [9.17, 15) is 9.59 Å². The number of rotatable bonds is 3. The van der Waals surface area contributed by atoms with Crippen LogP contribution in [0.15, 0.2) is 24.3 Å². The maximum absolute atomic E-state index is 12.5. The summed E-state index contributed by atoms with van der Waals surface area (Å²) < 4.78 is 0. The molecule has 1 aromatic carbocycles. The van der Waals surface area contributed by atoms with Crippen LogP contribution in [0.4, 0.5) is 4.79 Å². The Morgan fingerprint density at radius 1 is 1.14 bits per heavy atom. The first-order valence-electron chi connectivity index (χ1n) is 7.49. The molecule has 5 heteroatoms. The number of carbonyl (C=O) groups excluding carboxylic acids is 2. The fraction of sp³-hybridized carbons (Fsp3) is 0.500. The zero-order valence-electron chi connectivity index (χ0n) is 11.8. The molecule has 1 saturated carbocycles. The first-order valence-corrected chi connectivity index (χ1v) is 7.86. The van der Waals surface area contributed by atoms with Crippen molar-refractivity contribution in [3.05, 3.63) is 34.9 Å². The lowest BCUT2D eigenvalue weighted by Gasteiger charge is -2.32. The Balaban J connectivity index is 1.63. The van der Waals surface area contributed by atoms with Gasteiger partial charge in [-0.2, -0.15) is 0 Å². The highest BCUT2D eigenvalue weighted by atomic mass is 35.5. The maximum Gasteiger partial charge on any atom is 0.317 e. The van der Waals surface area contributed by atoms with Crippen molar-refractivity contribution < 1.29 is 9.59 Å². The number of carbonyl (C=O) groups is 2. The molecule has 2 amide bonds. The summed E-state index contributed by atoms with van der Waals surface area (Å²) in [5, 5.41) is 3.61. The van der Waals surface area contributed by atoms with Gasteiger partial charge in [0.05, 0.1) is 0 Å². The summed E-state index contributed by atoms with van der Waals surface area (Å²) in [4.78, 5) is 26.4. The highest BCUT2D eigenvalue weighted by Gasteiger charge is 2.31. The predicted molar refractivity (Wildman–Crippen MR) is 81.6 cm³/mol. The van der Waals surface area contributed by atoms with Crippen LogP contribution in [0, 0.1) is 5.92 Å². The molecule has 1 aromatic rings. The first-order chi connectivity index (χ1) is 10.1. The molecule has 4 nitrogen and oxygen atoms in total. The summed E-state index contributed by atoms with van der Waals surface area (Å²) in [6.45, 7) is 1.25. The van der Waals surface area contributed by atoms with E-state index in [1.807, 2.05) is 0 Å². The fourth-order valence-corrected chi connectivity index (χ4v) is 2.85. The number of hydrogen-bond acceptors (Lipinski definition) is 2. The number of Topliss-reactive ketones (excluding diaryl/α,β-unsaturated/α-hetero) is 1. The molecule has 21 heavy (non-hydrogen) atoms. The largest absolute Gasteiger partial charge is 0.335 e. The molecule has 2 fully saturated rings. The second kappa shape index (κ2) is 6.06. The Labute approximate surface area is 129 Å². The lowest BCUT2D eigenvalue weighted by molar-refractivity contribution is 0.0845. The van der Waals surface area contributed by atoms with Crippen molar-refractivity contribution in [2.24, 2.45) is 5.92 Å². The van der Waals surface area contributed by atoms with Gasteiger partial charge in [-0.25, -0.2) is 4.79 Å². The van der Waals surface area contributed by atoms with Crippen LogP contribution in [0.25, 0.3) is 0 Å². The average molecular weight is 307 g/mol. The van der Waals surface area contributed by atoms with E-state index in [1.54, 1.807) is 29.2 Å². The van der Waals surface area contributed by atoms with Gasteiger partial charge >= 0.3 is 6.03 Å². The molecule has 0 radical (unpaired) electrons. The summed E-state index contributed by atoms with van der Waals surface area (Å²) in [5.74, 6) is 0.000433. The van der Waals surface area contributed by atoms with E-state index in [0.717, 1.165) is 32.2 Å². The van der Waals surface area contributed by atoms with Crippen LogP contribution >= 0.6 is 11.6 Å². The molecule has 112 valence electrons. The third-order valence-corrected chi connectivity index (χ3v) is 4.37. The van der Waals surface area contributed by atoms with Gasteiger partial charge in [-0.05, 0) is 49.9 Å². The minimum absolute atomic E-state index is 0.0221. The molecule has 0 bridgehead atoms. The number of likely N-dealkylation sites (tertiary alicyclic amines) is 1. The quantitative estimate of drug-likeness (QED) is 0.872. The van der Waals surface area contributed by atoms with Crippen molar-refractivity contribution in [2.45, 2.75) is 31.7 Å². The standard InChI is InChI=1S/C16H19ClN2O2/c17-13-5-3-11(4-6-13)15(20)12-2-1-9-19(10-12)16(21)18-14-7-8-14/h3-6,12,14H,1-2,7-10H2,(H,18,21). The third-order valence-electron chi connectivity index (χ3n) is 4.11. The smallest absolute Gasteiger partial charge is 0.317 e. The molecule has 1 aliphatic carbocycles. The van der Waals surface area contributed by atoms with Crippen LogP contribution in [0.5, 0.6) is 0 Å². The lowest BCUT2D eigenvalue weighted by atomic mass is 9.90. The number of urea groups is 1. The second-order valence-electron chi connectivity index (χ2n) is 5.88. The van der Waals surface area contributed by atoms with Gasteiger partial charge < -0.3 is 10.2 Å². The number of amides is 2. The normalized spacial score (nSPS) is 22.0. The van der Waals surface area contributed by atoms with Gasteiger partial charge in [0, 0.05) is 35.6 Å². The van der Waals surface area contributed by atoms with Crippen molar-refractivity contribution in [1.82, 2.24) is 10.2 Å². The van der Waals surface area contributed by atoms with Gasteiger partial charge in [-0.3, -0.25) is 4.79 Å². The van der Waals surface area contributed by atoms with Gasteiger partial charge in [0.15, 0.2) is 5.78 Å². The number of nitrogens with one attached hydrogen (secondary N) is 1. The number of hydrogen-bond donors (Lipinski definition) is 1. The van der Waals surface area contributed by atoms with Crippen molar-refractivity contribution in [3.8, 4) is 0 Å². The van der Waals surface area contributed by atoms with Crippen LogP contribution in [-0.2, 0) is 0 Å². The van der Waals surface area contributed by atoms with Crippen molar-refractivity contribution in [3.63, 3.8) is 0 Å². The number of nitrogens with zero attached hydrogens (tertiary/aromatic N) is 1. The van der Waals surface area contributed by atoms with E-state index in [1.165, 1.54) is 0 Å². The number of halogens is 1. The molecule has 0 aromatic heterocycles.